The predicted octanol–water partition coefficient (Wildman–Crippen LogP) is 4.88. The molecular formula is C20H18F2N2O2S2. The fourth-order valence-corrected chi connectivity index (χ4v) is 4.83. The van der Waals surface area contributed by atoms with Gasteiger partial charge in [0, 0.05) is 11.5 Å². The summed E-state index contributed by atoms with van der Waals surface area (Å²) < 4.78 is 33.5. The number of benzene rings is 2. The van der Waals surface area contributed by atoms with E-state index < -0.39 is 5.82 Å². The van der Waals surface area contributed by atoms with E-state index in [1.807, 2.05) is 0 Å². The molecule has 2 heterocycles. The number of ether oxygens (including phenoxy) is 1. The van der Waals surface area contributed by atoms with Gasteiger partial charge in [0.25, 0.3) is 0 Å². The van der Waals surface area contributed by atoms with Crippen LogP contribution in [0.2, 0.25) is 0 Å². The van der Waals surface area contributed by atoms with Gasteiger partial charge in [0.1, 0.15) is 17.2 Å². The third-order valence-electron chi connectivity index (χ3n) is 4.48. The van der Waals surface area contributed by atoms with E-state index in [9.17, 15) is 13.6 Å². The smallest absolute Gasteiger partial charge is 0.239 e. The topological polar surface area (TPSA) is 42.4 Å². The van der Waals surface area contributed by atoms with E-state index in [1.165, 1.54) is 41.3 Å². The molecule has 3 aromatic rings. The summed E-state index contributed by atoms with van der Waals surface area (Å²) >= 11 is 2.63. The number of carbonyl (C=O) groups is 1. The Hall–Kier alpha value is -2.03. The number of carbonyl (C=O) groups excluding carboxylic acids is 1. The molecule has 0 spiro atoms. The highest BCUT2D eigenvalue weighted by molar-refractivity contribution is 8.00. The summed E-state index contributed by atoms with van der Waals surface area (Å²) in [6.45, 7) is 1.08. The molecule has 28 heavy (non-hydrogen) atoms. The van der Waals surface area contributed by atoms with Crippen LogP contribution < -0.4 is 4.90 Å². The summed E-state index contributed by atoms with van der Waals surface area (Å²) in [7, 11) is 0. The lowest BCUT2D eigenvalue weighted by Crippen LogP contribution is -2.38. The molecular weight excluding hydrogens is 402 g/mol. The zero-order valence-electron chi connectivity index (χ0n) is 14.9. The number of halogens is 2. The van der Waals surface area contributed by atoms with Crippen LogP contribution in [0.3, 0.4) is 0 Å². The molecule has 0 N–H and O–H groups in total. The molecule has 146 valence electrons. The number of aromatic nitrogens is 1. The maximum absolute atomic E-state index is 14.1. The molecule has 0 radical (unpaired) electrons. The lowest BCUT2D eigenvalue weighted by molar-refractivity contribution is -0.116. The molecule has 8 heteroatoms. The van der Waals surface area contributed by atoms with Crippen molar-refractivity contribution in [1.82, 2.24) is 4.98 Å². The summed E-state index contributed by atoms with van der Waals surface area (Å²) in [5.41, 5.74) is 0.277. The van der Waals surface area contributed by atoms with Gasteiger partial charge in [0.05, 0.1) is 23.1 Å². The Balaban J connectivity index is 1.55. The molecule has 0 bridgehead atoms. The number of hydrogen-bond donors (Lipinski definition) is 0. The molecule has 4 nitrogen and oxygen atoms in total. The zero-order chi connectivity index (χ0) is 19.5. The minimum absolute atomic E-state index is 0.0448. The molecule has 0 aliphatic carbocycles. The second-order valence-corrected chi connectivity index (χ2v) is 8.52. The number of anilines is 1. The number of thiazole rings is 1. The summed E-state index contributed by atoms with van der Waals surface area (Å²) in [5, 5.41) is 0.473. The third kappa shape index (κ3) is 4.34. The maximum Gasteiger partial charge on any atom is 0.239 e. The Morgan fingerprint density at radius 2 is 2.07 bits per heavy atom. The van der Waals surface area contributed by atoms with E-state index in [1.54, 1.807) is 29.2 Å². The van der Waals surface area contributed by atoms with Crippen molar-refractivity contribution >= 4 is 44.4 Å². The summed E-state index contributed by atoms with van der Waals surface area (Å²) in [6, 6.07) is 10.8. The fourth-order valence-electron chi connectivity index (χ4n) is 3.05. The van der Waals surface area contributed by atoms with Gasteiger partial charge in [0.2, 0.25) is 5.91 Å². The first-order valence-corrected chi connectivity index (χ1v) is 10.8. The number of amides is 1. The normalized spacial score (nSPS) is 16.6. The van der Waals surface area contributed by atoms with Crippen LogP contribution in [0.4, 0.5) is 13.9 Å². The van der Waals surface area contributed by atoms with Gasteiger partial charge in [-0.3, -0.25) is 9.69 Å². The van der Waals surface area contributed by atoms with Crippen molar-refractivity contribution in [2.24, 2.45) is 0 Å². The van der Waals surface area contributed by atoms with Crippen LogP contribution in [0.5, 0.6) is 0 Å². The number of para-hydroxylation sites is 1. The average Bonchev–Trinajstić information content (AvgIpc) is 3.35. The number of hydrogen-bond acceptors (Lipinski definition) is 5. The van der Waals surface area contributed by atoms with Crippen molar-refractivity contribution in [2.75, 3.05) is 23.8 Å². The van der Waals surface area contributed by atoms with Gasteiger partial charge in [-0.25, -0.2) is 13.8 Å². The molecule has 1 fully saturated rings. The zero-order valence-corrected chi connectivity index (χ0v) is 16.6. The van der Waals surface area contributed by atoms with Gasteiger partial charge < -0.3 is 4.74 Å². The van der Waals surface area contributed by atoms with Crippen molar-refractivity contribution in [3.63, 3.8) is 0 Å². The number of rotatable bonds is 6. The van der Waals surface area contributed by atoms with Crippen molar-refractivity contribution < 1.29 is 18.3 Å². The van der Waals surface area contributed by atoms with Crippen molar-refractivity contribution in [3.05, 3.63) is 54.1 Å². The van der Waals surface area contributed by atoms with Gasteiger partial charge in [-0.1, -0.05) is 17.4 Å². The lowest BCUT2D eigenvalue weighted by atomic mass is 10.2. The highest BCUT2D eigenvalue weighted by Gasteiger charge is 2.26. The van der Waals surface area contributed by atoms with E-state index in [-0.39, 0.29) is 29.1 Å². The first kappa shape index (κ1) is 19.3. The van der Waals surface area contributed by atoms with Crippen molar-refractivity contribution in [3.8, 4) is 0 Å². The van der Waals surface area contributed by atoms with Crippen LogP contribution in [0.1, 0.15) is 12.8 Å². The van der Waals surface area contributed by atoms with Crippen molar-refractivity contribution in [2.45, 2.75) is 23.8 Å². The number of fused-ring (bicyclic) bond motifs is 1. The third-order valence-corrected chi connectivity index (χ3v) is 6.52. The molecule has 1 aromatic heterocycles. The molecule has 1 atom stereocenters. The van der Waals surface area contributed by atoms with E-state index in [0.29, 0.717) is 23.0 Å². The molecule has 1 saturated heterocycles. The van der Waals surface area contributed by atoms with Crippen molar-refractivity contribution in [1.29, 1.82) is 0 Å². The Bertz CT molecular complexity index is 972. The Morgan fingerprint density at radius 1 is 1.25 bits per heavy atom. The van der Waals surface area contributed by atoms with Crippen LogP contribution in [0.25, 0.3) is 10.2 Å². The summed E-state index contributed by atoms with van der Waals surface area (Å²) in [5.74, 6) is -0.668. The number of thioether (sulfide) groups is 1. The Kier molecular flexibility index (Phi) is 5.89. The molecule has 1 unspecified atom stereocenters. The Labute approximate surface area is 169 Å². The first-order chi connectivity index (χ1) is 13.6. The summed E-state index contributed by atoms with van der Waals surface area (Å²) in [4.78, 5) is 19.8. The van der Waals surface area contributed by atoms with Gasteiger partial charge in [-0.2, -0.15) is 0 Å². The second kappa shape index (κ2) is 8.55. The maximum atomic E-state index is 14.1. The second-order valence-electron chi connectivity index (χ2n) is 6.46. The fraction of sp³-hybridized carbons (Fsp3) is 0.300. The molecule has 0 saturated carbocycles. The lowest BCUT2D eigenvalue weighted by Gasteiger charge is -2.23. The van der Waals surface area contributed by atoms with Crippen LogP contribution >= 0.6 is 23.1 Å². The highest BCUT2D eigenvalue weighted by atomic mass is 32.2. The minimum atomic E-state index is -0.398. The SMILES string of the molecule is O=C(CSc1ccc(F)cc1)N(CC1CCCO1)c1nc2c(F)cccc2s1. The van der Waals surface area contributed by atoms with Gasteiger partial charge in [-0.05, 0) is 49.2 Å². The van der Waals surface area contributed by atoms with E-state index in [4.69, 9.17) is 4.74 Å². The van der Waals surface area contributed by atoms with Gasteiger partial charge >= 0.3 is 0 Å². The Morgan fingerprint density at radius 3 is 2.79 bits per heavy atom. The van der Waals surface area contributed by atoms with E-state index in [2.05, 4.69) is 4.98 Å². The molecule has 1 amide bonds. The van der Waals surface area contributed by atoms with E-state index >= 15 is 0 Å². The standard InChI is InChI=1S/C20H18F2N2O2S2/c21-13-6-8-15(9-7-13)27-12-18(25)24(11-14-3-2-10-26-14)20-23-19-16(22)4-1-5-17(19)28-20/h1,4-9,14H,2-3,10-12H2. The average molecular weight is 421 g/mol. The molecule has 4 rings (SSSR count). The van der Waals surface area contributed by atoms with Crippen LogP contribution in [0.15, 0.2) is 47.4 Å². The predicted molar refractivity (Wildman–Crippen MR) is 108 cm³/mol. The monoisotopic (exact) mass is 420 g/mol. The largest absolute Gasteiger partial charge is 0.376 e. The summed E-state index contributed by atoms with van der Waals surface area (Å²) in [6.07, 6.45) is 1.80. The molecule has 1 aliphatic heterocycles. The van der Waals surface area contributed by atoms with Crippen LogP contribution in [0, 0.1) is 11.6 Å². The first-order valence-electron chi connectivity index (χ1n) is 8.95. The van der Waals surface area contributed by atoms with Gasteiger partial charge in [0.15, 0.2) is 5.13 Å². The van der Waals surface area contributed by atoms with Crippen LogP contribution in [-0.4, -0.2) is 35.9 Å². The minimum Gasteiger partial charge on any atom is -0.376 e. The molecule has 2 aromatic carbocycles. The van der Waals surface area contributed by atoms with Crippen LogP contribution in [-0.2, 0) is 9.53 Å². The highest BCUT2D eigenvalue weighted by Crippen LogP contribution is 2.32. The molecule has 1 aliphatic rings. The number of nitrogens with zero attached hydrogens (tertiary/aromatic N) is 2. The quantitative estimate of drug-likeness (QED) is 0.533. The van der Waals surface area contributed by atoms with E-state index in [0.717, 1.165) is 17.7 Å². The van der Waals surface area contributed by atoms with Gasteiger partial charge in [-0.15, -0.1) is 11.8 Å².